The number of hydrogen-bond donors (Lipinski definition) is 2. The van der Waals surface area contributed by atoms with Crippen LogP contribution in [0.25, 0.3) is 0 Å². The molecule has 0 saturated carbocycles. The molecule has 2 N–H and O–H groups in total. The average molecular weight is 475 g/mol. The van der Waals surface area contributed by atoms with E-state index in [1.54, 1.807) is 0 Å². The topological polar surface area (TPSA) is 113 Å². The standard InChI is InChI=1S/C16H15BrN2O6S2/c17-3-4-25-16(24)9-7-27-14-11(13(21)19(14)12(9)15(22)23)18-10(20)6-8-2-1-5-26-8/h1-2,5,11,14H,3-4,6-7H2,(H,18,20)(H,22,23)/t11?,14-/m0/s1. The zero-order valence-electron chi connectivity index (χ0n) is 13.8. The van der Waals surface area contributed by atoms with Crippen molar-refractivity contribution < 1.29 is 29.0 Å². The first-order valence-corrected chi connectivity index (χ1v) is 10.9. The van der Waals surface area contributed by atoms with Gasteiger partial charge >= 0.3 is 11.9 Å². The van der Waals surface area contributed by atoms with Crippen LogP contribution < -0.4 is 5.32 Å². The molecule has 1 saturated heterocycles. The maximum Gasteiger partial charge on any atom is 0.353 e. The van der Waals surface area contributed by atoms with Crippen LogP contribution in [-0.4, -0.2) is 62.9 Å². The number of carbonyl (C=O) groups excluding carboxylic acids is 3. The predicted molar refractivity (Wildman–Crippen MR) is 102 cm³/mol. The first-order valence-electron chi connectivity index (χ1n) is 7.90. The molecule has 27 heavy (non-hydrogen) atoms. The second-order valence-electron chi connectivity index (χ2n) is 5.67. The van der Waals surface area contributed by atoms with Crippen molar-refractivity contribution in [3.05, 3.63) is 33.7 Å². The number of halogens is 1. The van der Waals surface area contributed by atoms with E-state index in [1.165, 1.54) is 23.1 Å². The summed E-state index contributed by atoms with van der Waals surface area (Å²) in [6, 6.07) is 2.85. The minimum Gasteiger partial charge on any atom is -0.477 e. The number of rotatable bonds is 7. The number of thiophene rings is 1. The van der Waals surface area contributed by atoms with Gasteiger partial charge in [-0.2, -0.15) is 0 Å². The number of esters is 1. The number of amides is 2. The molecule has 1 aromatic heterocycles. The van der Waals surface area contributed by atoms with Crippen LogP contribution >= 0.6 is 39.0 Å². The van der Waals surface area contributed by atoms with E-state index < -0.39 is 29.3 Å². The molecule has 8 nitrogen and oxygen atoms in total. The minimum absolute atomic E-state index is 0.0542. The molecule has 0 aromatic carbocycles. The van der Waals surface area contributed by atoms with E-state index in [0.717, 1.165) is 9.78 Å². The average Bonchev–Trinajstić information content (AvgIpc) is 3.15. The SMILES string of the molecule is O=C(Cc1cccs1)NC1C(=O)N2C(C(=O)O)=C(C(=O)OCCBr)CS[C@@H]12. The number of hydrogen-bond acceptors (Lipinski definition) is 7. The van der Waals surface area contributed by atoms with E-state index >= 15 is 0 Å². The van der Waals surface area contributed by atoms with Crippen LogP contribution in [0.2, 0.25) is 0 Å². The molecule has 1 unspecified atom stereocenters. The molecule has 3 heterocycles. The van der Waals surface area contributed by atoms with Crippen molar-refractivity contribution in [1.82, 2.24) is 10.2 Å². The molecular weight excluding hydrogens is 460 g/mol. The Morgan fingerprint density at radius 1 is 1.41 bits per heavy atom. The number of nitrogens with one attached hydrogen (secondary N) is 1. The first-order chi connectivity index (χ1) is 12.9. The summed E-state index contributed by atoms with van der Waals surface area (Å²) in [7, 11) is 0. The Labute approximate surface area is 171 Å². The van der Waals surface area contributed by atoms with Gasteiger partial charge in [-0.25, -0.2) is 9.59 Å². The van der Waals surface area contributed by atoms with E-state index in [1.807, 2.05) is 17.5 Å². The summed E-state index contributed by atoms with van der Waals surface area (Å²) < 4.78 is 4.98. The molecule has 144 valence electrons. The van der Waals surface area contributed by atoms with Gasteiger partial charge in [0.15, 0.2) is 0 Å². The third-order valence-corrected chi connectivity index (χ3v) is 6.44. The van der Waals surface area contributed by atoms with Crippen LogP contribution in [-0.2, 0) is 30.3 Å². The Bertz CT molecular complexity index is 810. The fourth-order valence-electron chi connectivity index (χ4n) is 2.79. The summed E-state index contributed by atoms with van der Waals surface area (Å²) in [6.45, 7) is 0.0959. The number of aliphatic carboxylic acids is 1. The Morgan fingerprint density at radius 3 is 2.81 bits per heavy atom. The van der Waals surface area contributed by atoms with Crippen LogP contribution in [0.15, 0.2) is 28.8 Å². The van der Waals surface area contributed by atoms with Gasteiger partial charge in [0.05, 0.1) is 12.0 Å². The Kier molecular flexibility index (Phi) is 6.22. The van der Waals surface area contributed by atoms with Crippen LogP contribution in [0, 0.1) is 0 Å². The number of carboxylic acids is 1. The van der Waals surface area contributed by atoms with E-state index in [2.05, 4.69) is 21.2 Å². The van der Waals surface area contributed by atoms with Crippen LogP contribution in [0.3, 0.4) is 0 Å². The predicted octanol–water partition coefficient (Wildman–Crippen LogP) is 0.967. The highest BCUT2D eigenvalue weighted by Gasteiger charge is 2.55. The number of nitrogens with zero attached hydrogens (tertiary/aromatic N) is 1. The molecular formula is C16H15BrN2O6S2. The Morgan fingerprint density at radius 2 is 2.19 bits per heavy atom. The highest BCUT2D eigenvalue weighted by molar-refractivity contribution is 9.09. The Balaban J connectivity index is 1.72. The molecule has 0 aliphatic carbocycles. The highest BCUT2D eigenvalue weighted by atomic mass is 79.9. The fraction of sp³-hybridized carbons (Fsp3) is 0.375. The number of alkyl halides is 1. The third-order valence-electron chi connectivity index (χ3n) is 3.96. The van der Waals surface area contributed by atoms with E-state index in [4.69, 9.17) is 4.74 Å². The quantitative estimate of drug-likeness (QED) is 0.343. The lowest BCUT2D eigenvalue weighted by Gasteiger charge is -2.49. The van der Waals surface area contributed by atoms with Gasteiger partial charge in [-0.05, 0) is 11.4 Å². The van der Waals surface area contributed by atoms with E-state index in [-0.39, 0.29) is 36.0 Å². The van der Waals surface area contributed by atoms with Gasteiger partial charge in [-0.3, -0.25) is 14.5 Å². The van der Waals surface area contributed by atoms with Gasteiger partial charge in [-0.15, -0.1) is 23.1 Å². The summed E-state index contributed by atoms with van der Waals surface area (Å²) in [5.41, 5.74) is -0.423. The molecule has 1 fully saturated rings. The summed E-state index contributed by atoms with van der Waals surface area (Å²) >= 11 is 5.79. The molecule has 0 bridgehead atoms. The number of ether oxygens (including phenoxy) is 1. The van der Waals surface area contributed by atoms with Crippen molar-refractivity contribution in [2.24, 2.45) is 0 Å². The summed E-state index contributed by atoms with van der Waals surface area (Å²) in [5.74, 6) is -2.89. The smallest absolute Gasteiger partial charge is 0.353 e. The lowest BCUT2D eigenvalue weighted by Crippen LogP contribution is -2.70. The second kappa shape index (κ2) is 8.44. The molecule has 3 rings (SSSR count). The van der Waals surface area contributed by atoms with Gasteiger partial charge in [0.2, 0.25) is 5.91 Å². The third kappa shape index (κ3) is 4.04. The molecule has 0 radical (unpaired) electrons. The molecule has 11 heteroatoms. The first kappa shape index (κ1) is 19.9. The number of thioether (sulfide) groups is 1. The number of carboxylic acid groups (broad SMARTS) is 1. The van der Waals surface area contributed by atoms with Crippen LogP contribution in [0.5, 0.6) is 0 Å². The summed E-state index contributed by atoms with van der Waals surface area (Å²) in [6.07, 6.45) is 0.157. The summed E-state index contributed by atoms with van der Waals surface area (Å²) in [4.78, 5) is 50.3. The molecule has 1 aromatic rings. The van der Waals surface area contributed by atoms with Gasteiger partial charge in [-0.1, -0.05) is 22.0 Å². The second-order valence-corrected chi connectivity index (χ2v) is 8.60. The summed E-state index contributed by atoms with van der Waals surface area (Å²) in [5, 5.41) is 13.9. The molecule has 2 atom stereocenters. The van der Waals surface area contributed by atoms with Crippen LogP contribution in [0.1, 0.15) is 4.88 Å². The zero-order valence-corrected chi connectivity index (χ0v) is 17.1. The van der Waals surface area contributed by atoms with Crippen LogP contribution in [0.4, 0.5) is 0 Å². The largest absolute Gasteiger partial charge is 0.477 e. The maximum absolute atomic E-state index is 12.5. The lowest BCUT2D eigenvalue weighted by atomic mass is 10.0. The molecule has 2 aliphatic rings. The van der Waals surface area contributed by atoms with E-state index in [0.29, 0.717) is 5.33 Å². The fourth-order valence-corrected chi connectivity index (χ4v) is 4.98. The number of fused-ring (bicyclic) bond motifs is 1. The van der Waals surface area contributed by atoms with Crippen molar-refractivity contribution in [1.29, 1.82) is 0 Å². The monoisotopic (exact) mass is 474 g/mol. The van der Waals surface area contributed by atoms with Gasteiger partial charge in [0.1, 0.15) is 23.7 Å². The van der Waals surface area contributed by atoms with E-state index in [9.17, 15) is 24.3 Å². The van der Waals surface area contributed by atoms with Crippen molar-refractivity contribution in [2.45, 2.75) is 17.8 Å². The van der Waals surface area contributed by atoms with Gasteiger partial charge < -0.3 is 15.2 Å². The minimum atomic E-state index is -1.37. The zero-order chi connectivity index (χ0) is 19.6. The van der Waals surface area contributed by atoms with Crippen molar-refractivity contribution in [3.8, 4) is 0 Å². The van der Waals surface area contributed by atoms with Crippen molar-refractivity contribution in [2.75, 3.05) is 17.7 Å². The van der Waals surface area contributed by atoms with Gasteiger partial charge in [0.25, 0.3) is 5.91 Å². The highest BCUT2D eigenvalue weighted by Crippen LogP contribution is 2.40. The number of β-lactam (4-membered cyclic amide) rings is 1. The van der Waals surface area contributed by atoms with Gasteiger partial charge in [0, 0.05) is 16.0 Å². The Hall–Kier alpha value is -1.85. The maximum atomic E-state index is 12.5. The van der Waals surface area contributed by atoms with Crippen molar-refractivity contribution >= 4 is 62.8 Å². The lowest BCUT2D eigenvalue weighted by molar-refractivity contribution is -0.151. The van der Waals surface area contributed by atoms with Crippen molar-refractivity contribution in [3.63, 3.8) is 0 Å². The molecule has 2 aliphatic heterocycles. The number of carbonyl (C=O) groups is 4. The molecule has 0 spiro atoms. The normalized spacial score (nSPS) is 21.4. The molecule has 2 amide bonds.